The van der Waals surface area contributed by atoms with Crippen LogP contribution < -0.4 is 14.9 Å². The molecule has 3 aromatic rings. The van der Waals surface area contributed by atoms with Crippen LogP contribution in [0.2, 0.25) is 0 Å². The predicted octanol–water partition coefficient (Wildman–Crippen LogP) is 4.75. The number of thiophene rings is 1. The number of nitrogens with one attached hydrogen (secondary N) is 1. The van der Waals surface area contributed by atoms with Crippen LogP contribution in [0.3, 0.4) is 0 Å². The second kappa shape index (κ2) is 10.4. The van der Waals surface area contributed by atoms with Crippen LogP contribution in [0, 0.1) is 0 Å². The molecule has 2 heterocycles. The average Bonchev–Trinajstić information content (AvgIpc) is 3.43. The van der Waals surface area contributed by atoms with E-state index in [4.69, 9.17) is 21.7 Å². The highest BCUT2D eigenvalue weighted by Crippen LogP contribution is 2.32. The van der Waals surface area contributed by atoms with Gasteiger partial charge in [0.15, 0.2) is 4.32 Å². The van der Waals surface area contributed by atoms with Gasteiger partial charge in [0.05, 0.1) is 9.78 Å². The van der Waals surface area contributed by atoms with Crippen molar-refractivity contribution in [2.75, 3.05) is 13.2 Å². The van der Waals surface area contributed by atoms with Crippen molar-refractivity contribution < 1.29 is 19.1 Å². The normalized spacial score (nSPS) is 14.6. The summed E-state index contributed by atoms with van der Waals surface area (Å²) in [5.74, 6) is 0.716. The molecule has 0 atom stereocenters. The van der Waals surface area contributed by atoms with Crippen LogP contribution in [0.15, 0.2) is 77.0 Å². The van der Waals surface area contributed by atoms with E-state index in [1.54, 1.807) is 23.6 Å². The van der Waals surface area contributed by atoms with Gasteiger partial charge in [-0.25, -0.2) is 0 Å². The molecule has 162 valence electrons. The van der Waals surface area contributed by atoms with Crippen molar-refractivity contribution >= 4 is 57.5 Å². The molecule has 2 aromatic carbocycles. The van der Waals surface area contributed by atoms with E-state index in [0.717, 1.165) is 28.1 Å². The Balaban J connectivity index is 1.35. The van der Waals surface area contributed by atoms with Gasteiger partial charge in [-0.05, 0) is 59.6 Å². The van der Waals surface area contributed by atoms with Gasteiger partial charge in [0.1, 0.15) is 24.7 Å². The molecule has 0 saturated carbocycles. The first-order valence-corrected chi connectivity index (χ1v) is 11.7. The van der Waals surface area contributed by atoms with Crippen molar-refractivity contribution in [2.45, 2.75) is 0 Å². The fraction of sp³-hybridized carbons (Fsp3) is 0.0870. The molecule has 0 radical (unpaired) electrons. The van der Waals surface area contributed by atoms with E-state index in [9.17, 15) is 9.59 Å². The number of hydrogen-bond acceptors (Lipinski definition) is 7. The zero-order valence-electron chi connectivity index (χ0n) is 16.7. The maximum absolute atomic E-state index is 12.7. The van der Waals surface area contributed by atoms with E-state index < -0.39 is 0 Å². The van der Waals surface area contributed by atoms with Crippen molar-refractivity contribution in [3.63, 3.8) is 0 Å². The lowest BCUT2D eigenvalue weighted by Gasteiger charge is -2.14. The van der Waals surface area contributed by atoms with Crippen LogP contribution >= 0.6 is 35.3 Å². The number of rotatable bonds is 8. The number of benzene rings is 2. The Labute approximate surface area is 198 Å². The maximum atomic E-state index is 12.7. The number of thiocarbonyl (C=S) groups is 1. The van der Waals surface area contributed by atoms with Crippen molar-refractivity contribution in [3.05, 3.63) is 87.5 Å². The Bertz CT molecular complexity index is 1150. The summed E-state index contributed by atoms with van der Waals surface area (Å²) in [6.07, 6.45) is 1.73. The monoisotopic (exact) mass is 482 g/mol. The van der Waals surface area contributed by atoms with E-state index in [2.05, 4.69) is 5.43 Å². The Morgan fingerprint density at radius 3 is 2.50 bits per heavy atom. The molecule has 1 aromatic heterocycles. The first-order chi connectivity index (χ1) is 15.6. The summed E-state index contributed by atoms with van der Waals surface area (Å²) in [4.78, 5) is 25.9. The summed E-state index contributed by atoms with van der Waals surface area (Å²) >= 11 is 7.70. The molecule has 1 N–H and O–H groups in total. The molecule has 32 heavy (non-hydrogen) atoms. The largest absolute Gasteiger partial charge is 0.490 e. The van der Waals surface area contributed by atoms with E-state index in [-0.39, 0.29) is 16.1 Å². The Hall–Kier alpha value is -3.14. The van der Waals surface area contributed by atoms with Gasteiger partial charge in [0.2, 0.25) is 0 Å². The highest BCUT2D eigenvalue weighted by molar-refractivity contribution is 8.26. The van der Waals surface area contributed by atoms with Crippen LogP contribution in [-0.4, -0.2) is 34.4 Å². The summed E-state index contributed by atoms with van der Waals surface area (Å²) < 4.78 is 11.7. The molecule has 0 unspecified atom stereocenters. The Morgan fingerprint density at radius 1 is 1.00 bits per heavy atom. The molecule has 0 bridgehead atoms. The summed E-state index contributed by atoms with van der Waals surface area (Å²) in [7, 11) is 0. The number of carbonyl (C=O) groups excluding carboxylic acids is 2. The predicted molar refractivity (Wildman–Crippen MR) is 131 cm³/mol. The number of ether oxygens (including phenoxy) is 2. The van der Waals surface area contributed by atoms with Gasteiger partial charge in [0, 0.05) is 0 Å². The summed E-state index contributed by atoms with van der Waals surface area (Å²) in [6.45, 7) is 0.798. The van der Waals surface area contributed by atoms with Crippen molar-refractivity contribution in [1.29, 1.82) is 0 Å². The van der Waals surface area contributed by atoms with Gasteiger partial charge < -0.3 is 9.47 Å². The number of carbonyl (C=O) groups is 2. The Morgan fingerprint density at radius 2 is 1.75 bits per heavy atom. The van der Waals surface area contributed by atoms with E-state index in [1.165, 1.54) is 11.3 Å². The number of nitrogens with zero attached hydrogens (tertiary/aromatic N) is 1. The van der Waals surface area contributed by atoms with Gasteiger partial charge in [-0.2, -0.15) is 5.01 Å². The SMILES string of the molecule is O=C(NN1C(=O)/C(=C\c2cccc(OCCOc3ccccc3)c2)SC1=S)c1cccs1. The molecular formula is C23H18N2O4S3. The smallest absolute Gasteiger partial charge is 0.285 e. The first kappa shape index (κ1) is 22.1. The third-order valence-corrected chi connectivity index (χ3v) is 6.44. The van der Waals surface area contributed by atoms with Crippen LogP contribution in [0.25, 0.3) is 6.08 Å². The number of para-hydroxylation sites is 1. The Kier molecular flexibility index (Phi) is 7.21. The third kappa shape index (κ3) is 5.56. The van der Waals surface area contributed by atoms with Crippen molar-refractivity contribution in [2.24, 2.45) is 0 Å². The highest BCUT2D eigenvalue weighted by atomic mass is 32.2. The fourth-order valence-electron chi connectivity index (χ4n) is 2.81. The van der Waals surface area contributed by atoms with Crippen LogP contribution in [0.4, 0.5) is 0 Å². The standard InChI is InChI=1S/C23H18N2O4S3/c26-21(19-10-5-13-31-19)24-25-22(27)20(32-23(25)30)15-16-6-4-9-18(14-16)29-12-11-28-17-7-2-1-3-8-17/h1-10,13-15H,11-12H2,(H,24,26)/b20-15+. The minimum atomic E-state index is -0.370. The van der Waals surface area contributed by atoms with Gasteiger partial charge in [-0.3, -0.25) is 15.0 Å². The third-order valence-electron chi connectivity index (χ3n) is 4.27. The number of amides is 2. The van der Waals surface area contributed by atoms with Crippen molar-refractivity contribution in [3.8, 4) is 11.5 Å². The lowest BCUT2D eigenvalue weighted by atomic mass is 10.2. The molecule has 6 nitrogen and oxygen atoms in total. The second-order valence-corrected chi connectivity index (χ2v) is 9.14. The molecule has 0 spiro atoms. The molecule has 0 aliphatic carbocycles. The maximum Gasteiger partial charge on any atom is 0.285 e. The topological polar surface area (TPSA) is 67.9 Å². The van der Waals surface area contributed by atoms with Crippen molar-refractivity contribution in [1.82, 2.24) is 10.4 Å². The lowest BCUT2D eigenvalue weighted by molar-refractivity contribution is -0.123. The molecular weight excluding hydrogens is 464 g/mol. The summed E-state index contributed by atoms with van der Waals surface area (Å²) in [5.41, 5.74) is 3.36. The molecule has 1 aliphatic heterocycles. The van der Waals surface area contributed by atoms with E-state index in [0.29, 0.717) is 28.7 Å². The number of hydrogen-bond donors (Lipinski definition) is 1. The average molecular weight is 483 g/mol. The molecule has 9 heteroatoms. The van der Waals surface area contributed by atoms with Crippen LogP contribution in [0.1, 0.15) is 15.2 Å². The van der Waals surface area contributed by atoms with Gasteiger partial charge >= 0.3 is 0 Å². The highest BCUT2D eigenvalue weighted by Gasteiger charge is 2.33. The molecule has 1 saturated heterocycles. The minimum Gasteiger partial charge on any atom is -0.490 e. The zero-order chi connectivity index (χ0) is 22.3. The second-order valence-electron chi connectivity index (χ2n) is 6.52. The summed E-state index contributed by atoms with van der Waals surface area (Å²) in [5, 5.41) is 2.90. The number of thioether (sulfide) groups is 1. The molecule has 2 amide bonds. The minimum absolute atomic E-state index is 0.275. The lowest BCUT2D eigenvalue weighted by Crippen LogP contribution is -2.44. The molecule has 1 fully saturated rings. The quantitative estimate of drug-likeness (QED) is 0.284. The fourth-order valence-corrected chi connectivity index (χ4v) is 4.60. The van der Waals surface area contributed by atoms with Gasteiger partial charge in [-0.1, -0.05) is 48.2 Å². The first-order valence-electron chi connectivity index (χ1n) is 9.63. The van der Waals surface area contributed by atoms with Gasteiger partial charge in [-0.15, -0.1) is 11.3 Å². The zero-order valence-corrected chi connectivity index (χ0v) is 19.2. The van der Waals surface area contributed by atoms with Gasteiger partial charge in [0.25, 0.3) is 11.8 Å². The van der Waals surface area contributed by atoms with Crippen LogP contribution in [0.5, 0.6) is 11.5 Å². The summed E-state index contributed by atoms with van der Waals surface area (Å²) in [6, 6.07) is 20.4. The van der Waals surface area contributed by atoms with Crippen LogP contribution in [-0.2, 0) is 4.79 Å². The molecule has 1 aliphatic rings. The van der Waals surface area contributed by atoms with E-state index >= 15 is 0 Å². The number of hydrazine groups is 1. The van der Waals surface area contributed by atoms with E-state index in [1.807, 2.05) is 54.6 Å². The molecule has 4 rings (SSSR count).